The van der Waals surface area contributed by atoms with Crippen LogP contribution in [0.5, 0.6) is 0 Å². The van der Waals surface area contributed by atoms with Gasteiger partial charge in [0.15, 0.2) is 5.76 Å². The molecule has 0 fully saturated rings. The van der Waals surface area contributed by atoms with Crippen LogP contribution in [0.15, 0.2) is 30.2 Å². The van der Waals surface area contributed by atoms with Gasteiger partial charge in [0.05, 0.1) is 5.57 Å². The average Bonchev–Trinajstić information content (AvgIpc) is 2.84. The Morgan fingerprint density at radius 1 is 1.17 bits per heavy atom. The Morgan fingerprint density at radius 3 is 2.61 bits per heavy atom. The van der Waals surface area contributed by atoms with E-state index < -0.39 is 17.6 Å². The van der Waals surface area contributed by atoms with Crippen molar-refractivity contribution in [2.75, 3.05) is 0 Å². The number of carbonyl (C=O) groups is 2. The zero-order valence-electron chi connectivity index (χ0n) is 9.57. The number of imide groups is 1. The summed E-state index contributed by atoms with van der Waals surface area (Å²) in [5.41, 5.74) is 2.48. The molecule has 0 bridgehead atoms. The predicted molar refractivity (Wildman–Crippen MR) is 65.7 cm³/mol. The number of hydrogen-bond acceptors (Lipinski definition) is 3. The van der Waals surface area contributed by atoms with E-state index in [0.717, 1.165) is 16.5 Å². The number of H-pyrrole nitrogens is 1. The summed E-state index contributed by atoms with van der Waals surface area (Å²) in [6.07, 6.45) is 1.63. The number of aliphatic hydroxyl groups excluding tert-OH is 1. The lowest BCUT2D eigenvalue weighted by atomic mass is 10.0. The van der Waals surface area contributed by atoms with E-state index >= 15 is 0 Å². The number of hydrogen-bond donors (Lipinski definition) is 3. The Kier molecular flexibility index (Phi) is 2.04. The maximum Gasteiger partial charge on any atom is 0.293 e. The molecule has 2 aromatic rings. The fraction of sp³-hybridized carbons (Fsp3) is 0.0769. The Labute approximate surface area is 102 Å². The van der Waals surface area contributed by atoms with Crippen LogP contribution in [-0.2, 0) is 9.59 Å². The van der Waals surface area contributed by atoms with Crippen LogP contribution in [-0.4, -0.2) is 21.9 Å². The Hall–Kier alpha value is -2.56. The van der Waals surface area contributed by atoms with Crippen LogP contribution >= 0.6 is 0 Å². The topological polar surface area (TPSA) is 82.2 Å². The van der Waals surface area contributed by atoms with Crippen molar-refractivity contribution >= 4 is 28.3 Å². The molecule has 1 aliphatic rings. The molecular formula is C13H10N2O3. The second kappa shape index (κ2) is 3.46. The van der Waals surface area contributed by atoms with E-state index in [1.807, 2.05) is 25.1 Å². The lowest BCUT2D eigenvalue weighted by Crippen LogP contribution is -2.22. The van der Waals surface area contributed by atoms with Crippen LogP contribution in [0, 0.1) is 6.92 Å². The van der Waals surface area contributed by atoms with Crippen molar-refractivity contribution in [1.82, 2.24) is 10.3 Å². The van der Waals surface area contributed by atoms with Gasteiger partial charge in [0, 0.05) is 22.7 Å². The largest absolute Gasteiger partial charge is 0.502 e. The van der Waals surface area contributed by atoms with Gasteiger partial charge in [0.25, 0.3) is 11.8 Å². The quantitative estimate of drug-likeness (QED) is 0.661. The SMILES string of the molecule is Cc1cccc2c(C3=C(O)C(=O)NC3=O)c[nH]c12. The number of rotatable bonds is 1. The molecule has 0 atom stereocenters. The number of aromatic nitrogens is 1. The summed E-state index contributed by atoms with van der Waals surface area (Å²) in [5.74, 6) is -1.85. The summed E-state index contributed by atoms with van der Waals surface area (Å²) in [6.45, 7) is 1.94. The van der Waals surface area contributed by atoms with Crippen molar-refractivity contribution in [1.29, 1.82) is 0 Å². The Morgan fingerprint density at radius 2 is 1.94 bits per heavy atom. The van der Waals surface area contributed by atoms with Crippen LogP contribution in [0.4, 0.5) is 0 Å². The smallest absolute Gasteiger partial charge is 0.293 e. The van der Waals surface area contributed by atoms with E-state index in [9.17, 15) is 14.7 Å². The van der Waals surface area contributed by atoms with E-state index in [-0.39, 0.29) is 5.57 Å². The lowest BCUT2D eigenvalue weighted by Gasteiger charge is -1.99. The van der Waals surface area contributed by atoms with Gasteiger partial charge in [0.1, 0.15) is 0 Å². The second-order valence-corrected chi connectivity index (χ2v) is 4.21. The van der Waals surface area contributed by atoms with Gasteiger partial charge in [-0.15, -0.1) is 0 Å². The molecular weight excluding hydrogens is 232 g/mol. The third kappa shape index (κ3) is 1.27. The van der Waals surface area contributed by atoms with Gasteiger partial charge >= 0.3 is 0 Å². The summed E-state index contributed by atoms with van der Waals surface area (Å²) in [5, 5.41) is 12.5. The average molecular weight is 242 g/mol. The molecule has 1 aromatic heterocycles. The molecule has 18 heavy (non-hydrogen) atoms. The third-order valence-electron chi connectivity index (χ3n) is 3.10. The molecule has 0 saturated carbocycles. The highest BCUT2D eigenvalue weighted by molar-refractivity contribution is 6.36. The normalized spacial score (nSPS) is 15.6. The zero-order valence-corrected chi connectivity index (χ0v) is 9.57. The summed E-state index contributed by atoms with van der Waals surface area (Å²) < 4.78 is 0. The fourth-order valence-corrected chi connectivity index (χ4v) is 2.21. The van der Waals surface area contributed by atoms with Crippen LogP contribution in [0.25, 0.3) is 16.5 Å². The van der Waals surface area contributed by atoms with Crippen molar-refractivity contribution in [3.05, 3.63) is 41.3 Å². The highest BCUT2D eigenvalue weighted by Crippen LogP contribution is 2.30. The molecule has 5 heteroatoms. The molecule has 3 rings (SSSR count). The van der Waals surface area contributed by atoms with Crippen molar-refractivity contribution in [2.24, 2.45) is 0 Å². The number of amides is 2. The van der Waals surface area contributed by atoms with Crippen LogP contribution < -0.4 is 5.32 Å². The van der Waals surface area contributed by atoms with Gasteiger partial charge in [-0.3, -0.25) is 14.9 Å². The summed E-state index contributed by atoms with van der Waals surface area (Å²) in [7, 11) is 0. The molecule has 1 aliphatic heterocycles. The molecule has 0 radical (unpaired) electrons. The molecule has 0 spiro atoms. The van der Waals surface area contributed by atoms with E-state index in [2.05, 4.69) is 10.3 Å². The van der Waals surface area contributed by atoms with Gasteiger partial charge in [-0.1, -0.05) is 18.2 Å². The first kappa shape index (κ1) is 10.6. The number of aromatic amines is 1. The third-order valence-corrected chi connectivity index (χ3v) is 3.10. The first-order valence-electron chi connectivity index (χ1n) is 5.45. The number of benzene rings is 1. The molecule has 2 heterocycles. The van der Waals surface area contributed by atoms with Gasteiger partial charge in [-0.25, -0.2) is 0 Å². The monoisotopic (exact) mass is 242 g/mol. The highest BCUT2D eigenvalue weighted by Gasteiger charge is 2.32. The molecule has 3 N–H and O–H groups in total. The van der Waals surface area contributed by atoms with Crippen molar-refractivity contribution in [3.8, 4) is 0 Å². The minimum absolute atomic E-state index is 0.0249. The standard InChI is InChI=1S/C13H10N2O3/c1-6-3-2-4-7-8(5-14-10(6)7)9-11(16)13(18)15-12(9)17/h2-5,14H,1H3,(H2,15,16,17,18). The molecule has 1 aromatic carbocycles. The fourth-order valence-electron chi connectivity index (χ4n) is 2.21. The number of carbonyl (C=O) groups excluding carboxylic acids is 2. The van der Waals surface area contributed by atoms with Gasteiger partial charge in [-0.2, -0.15) is 0 Å². The molecule has 5 nitrogen and oxygen atoms in total. The molecule has 0 aliphatic carbocycles. The summed E-state index contributed by atoms with van der Waals surface area (Å²) in [4.78, 5) is 26.0. The predicted octanol–water partition coefficient (Wildman–Crippen LogP) is 1.40. The molecule has 0 saturated heterocycles. The minimum atomic E-state index is -0.753. The van der Waals surface area contributed by atoms with Crippen LogP contribution in [0.2, 0.25) is 0 Å². The number of aliphatic hydroxyl groups is 1. The number of fused-ring (bicyclic) bond motifs is 1. The maximum absolute atomic E-state index is 11.7. The van der Waals surface area contributed by atoms with Crippen molar-refractivity contribution in [3.63, 3.8) is 0 Å². The van der Waals surface area contributed by atoms with Crippen LogP contribution in [0.1, 0.15) is 11.1 Å². The lowest BCUT2D eigenvalue weighted by molar-refractivity contribution is -0.124. The zero-order chi connectivity index (χ0) is 12.9. The Balaban J connectivity index is 2.31. The molecule has 90 valence electrons. The molecule has 0 unspecified atom stereocenters. The van der Waals surface area contributed by atoms with E-state index in [4.69, 9.17) is 0 Å². The Bertz CT molecular complexity index is 725. The second-order valence-electron chi connectivity index (χ2n) is 4.21. The number of aryl methyl sites for hydroxylation is 1. The first-order valence-corrected chi connectivity index (χ1v) is 5.45. The van der Waals surface area contributed by atoms with Gasteiger partial charge in [-0.05, 0) is 12.5 Å². The molecule has 2 amide bonds. The van der Waals surface area contributed by atoms with E-state index in [0.29, 0.717) is 5.56 Å². The van der Waals surface area contributed by atoms with Gasteiger partial charge in [0.2, 0.25) is 0 Å². The maximum atomic E-state index is 11.7. The number of para-hydroxylation sites is 1. The minimum Gasteiger partial charge on any atom is -0.502 e. The highest BCUT2D eigenvalue weighted by atomic mass is 16.3. The van der Waals surface area contributed by atoms with Crippen molar-refractivity contribution in [2.45, 2.75) is 6.92 Å². The van der Waals surface area contributed by atoms with Crippen LogP contribution in [0.3, 0.4) is 0 Å². The number of nitrogens with one attached hydrogen (secondary N) is 2. The van der Waals surface area contributed by atoms with Crippen molar-refractivity contribution < 1.29 is 14.7 Å². The van der Waals surface area contributed by atoms with E-state index in [1.54, 1.807) is 6.20 Å². The summed E-state index contributed by atoms with van der Waals surface area (Å²) in [6, 6.07) is 5.64. The summed E-state index contributed by atoms with van der Waals surface area (Å²) >= 11 is 0. The van der Waals surface area contributed by atoms with Gasteiger partial charge < -0.3 is 10.1 Å². The first-order chi connectivity index (χ1) is 8.59. The van der Waals surface area contributed by atoms with E-state index in [1.165, 1.54) is 0 Å².